The third-order valence-corrected chi connectivity index (χ3v) is 2.89. The third-order valence-electron chi connectivity index (χ3n) is 2.19. The molecule has 0 saturated heterocycles. The van der Waals surface area contributed by atoms with Crippen molar-refractivity contribution in [3.8, 4) is 0 Å². The highest BCUT2D eigenvalue weighted by atomic mass is 32.1. The summed E-state index contributed by atoms with van der Waals surface area (Å²) in [4.78, 5) is 0. The summed E-state index contributed by atoms with van der Waals surface area (Å²) in [5, 5.41) is 7.62. The molecule has 80 valence electrons. The Morgan fingerprint density at radius 2 is 2.36 bits per heavy atom. The van der Waals surface area contributed by atoms with Gasteiger partial charge in [-0.1, -0.05) is 6.92 Å². The molecule has 0 aliphatic carbocycles. The fourth-order valence-corrected chi connectivity index (χ4v) is 2.11. The molecule has 2 nitrogen and oxygen atoms in total. The van der Waals surface area contributed by atoms with Gasteiger partial charge >= 0.3 is 0 Å². The predicted molar refractivity (Wildman–Crippen MR) is 61.8 cm³/mol. The molecule has 1 aromatic rings. The summed E-state index contributed by atoms with van der Waals surface area (Å²) in [6.07, 6.45) is 2.15. The maximum Gasteiger partial charge on any atom is 0.0484 e. The fourth-order valence-electron chi connectivity index (χ4n) is 1.40. The number of thiophene rings is 1. The first kappa shape index (κ1) is 11.7. The van der Waals surface area contributed by atoms with Crippen LogP contribution in [0.4, 0.5) is 0 Å². The normalized spacial score (nSPS) is 13.0. The van der Waals surface area contributed by atoms with Gasteiger partial charge in [0.25, 0.3) is 0 Å². The van der Waals surface area contributed by atoms with E-state index in [2.05, 4.69) is 29.1 Å². The van der Waals surface area contributed by atoms with Crippen molar-refractivity contribution in [3.63, 3.8) is 0 Å². The van der Waals surface area contributed by atoms with Crippen LogP contribution in [0.2, 0.25) is 0 Å². The Balaban J connectivity index is 2.26. The van der Waals surface area contributed by atoms with Gasteiger partial charge in [-0.3, -0.25) is 0 Å². The summed E-state index contributed by atoms with van der Waals surface area (Å²) in [6.45, 7) is 3.85. The van der Waals surface area contributed by atoms with Crippen molar-refractivity contribution in [3.05, 3.63) is 22.4 Å². The van der Waals surface area contributed by atoms with Crippen molar-refractivity contribution >= 4 is 11.3 Å². The van der Waals surface area contributed by atoms with E-state index in [0.717, 1.165) is 26.1 Å². The molecule has 3 heteroatoms. The topological polar surface area (TPSA) is 21.3 Å². The Kier molecular flexibility index (Phi) is 5.83. The van der Waals surface area contributed by atoms with Gasteiger partial charge in [-0.2, -0.15) is 11.3 Å². The van der Waals surface area contributed by atoms with Crippen LogP contribution in [-0.4, -0.2) is 20.3 Å². The molecule has 0 spiro atoms. The molecular weight excluding hydrogens is 194 g/mol. The van der Waals surface area contributed by atoms with Crippen LogP contribution in [0.15, 0.2) is 16.8 Å². The quantitative estimate of drug-likeness (QED) is 0.703. The summed E-state index contributed by atoms with van der Waals surface area (Å²) in [5.74, 6) is 0. The van der Waals surface area contributed by atoms with Crippen LogP contribution in [0.25, 0.3) is 0 Å². The Labute approximate surface area is 90.3 Å². The molecule has 1 unspecified atom stereocenters. The average molecular weight is 213 g/mol. The largest absolute Gasteiger partial charge is 0.381 e. The van der Waals surface area contributed by atoms with Crippen LogP contribution >= 0.6 is 11.3 Å². The van der Waals surface area contributed by atoms with Crippen LogP contribution in [-0.2, 0) is 4.74 Å². The van der Waals surface area contributed by atoms with Crippen molar-refractivity contribution in [2.24, 2.45) is 0 Å². The van der Waals surface area contributed by atoms with Gasteiger partial charge in [0.2, 0.25) is 0 Å². The molecule has 0 aliphatic rings. The average Bonchev–Trinajstić information content (AvgIpc) is 2.71. The second-order valence-corrected chi connectivity index (χ2v) is 4.08. The Hall–Kier alpha value is -0.380. The summed E-state index contributed by atoms with van der Waals surface area (Å²) in [7, 11) is 2.00. The maximum atomic E-state index is 5.48. The van der Waals surface area contributed by atoms with E-state index in [0.29, 0.717) is 6.04 Å². The molecule has 1 atom stereocenters. The van der Waals surface area contributed by atoms with Crippen molar-refractivity contribution in [1.29, 1.82) is 0 Å². The highest BCUT2D eigenvalue weighted by Crippen LogP contribution is 2.18. The van der Waals surface area contributed by atoms with Gasteiger partial charge in [-0.05, 0) is 42.3 Å². The lowest BCUT2D eigenvalue weighted by Gasteiger charge is -2.14. The SMILES string of the molecule is CCCOCCC(NC)c1ccsc1. The second-order valence-electron chi connectivity index (χ2n) is 3.30. The zero-order valence-electron chi connectivity index (χ0n) is 8.95. The van der Waals surface area contributed by atoms with Crippen LogP contribution in [0.5, 0.6) is 0 Å². The highest BCUT2D eigenvalue weighted by molar-refractivity contribution is 7.07. The molecule has 0 aliphatic heterocycles. The second kappa shape index (κ2) is 6.98. The zero-order chi connectivity index (χ0) is 10.2. The van der Waals surface area contributed by atoms with Gasteiger partial charge in [-0.15, -0.1) is 0 Å². The van der Waals surface area contributed by atoms with Crippen LogP contribution in [0.1, 0.15) is 31.4 Å². The monoisotopic (exact) mass is 213 g/mol. The molecule has 1 N–H and O–H groups in total. The molecule has 0 aromatic carbocycles. The van der Waals surface area contributed by atoms with Crippen molar-refractivity contribution in [1.82, 2.24) is 5.32 Å². The fraction of sp³-hybridized carbons (Fsp3) is 0.636. The first-order chi connectivity index (χ1) is 6.88. The lowest BCUT2D eigenvalue weighted by atomic mass is 10.1. The van der Waals surface area contributed by atoms with E-state index in [4.69, 9.17) is 4.74 Å². The first-order valence-corrected chi connectivity index (χ1v) is 6.09. The third kappa shape index (κ3) is 3.78. The molecule has 0 amide bonds. The number of hydrogen-bond donors (Lipinski definition) is 1. The van der Waals surface area contributed by atoms with Crippen molar-refractivity contribution in [2.45, 2.75) is 25.8 Å². The van der Waals surface area contributed by atoms with Crippen LogP contribution < -0.4 is 5.32 Å². The van der Waals surface area contributed by atoms with E-state index in [1.807, 2.05) is 7.05 Å². The van der Waals surface area contributed by atoms with E-state index in [1.54, 1.807) is 11.3 Å². The minimum Gasteiger partial charge on any atom is -0.381 e. The highest BCUT2D eigenvalue weighted by Gasteiger charge is 2.08. The van der Waals surface area contributed by atoms with E-state index in [9.17, 15) is 0 Å². The van der Waals surface area contributed by atoms with Gasteiger partial charge in [0.15, 0.2) is 0 Å². The lowest BCUT2D eigenvalue weighted by Crippen LogP contribution is -2.17. The Morgan fingerprint density at radius 1 is 1.50 bits per heavy atom. The van der Waals surface area contributed by atoms with Crippen molar-refractivity contribution < 1.29 is 4.74 Å². The zero-order valence-corrected chi connectivity index (χ0v) is 9.77. The summed E-state index contributed by atoms with van der Waals surface area (Å²) in [5.41, 5.74) is 1.37. The van der Waals surface area contributed by atoms with Crippen LogP contribution in [0, 0.1) is 0 Å². The molecule has 14 heavy (non-hydrogen) atoms. The lowest BCUT2D eigenvalue weighted by molar-refractivity contribution is 0.125. The van der Waals surface area contributed by atoms with Gasteiger partial charge < -0.3 is 10.1 Å². The molecular formula is C11H19NOS. The summed E-state index contributed by atoms with van der Waals surface area (Å²) < 4.78 is 5.48. The van der Waals surface area contributed by atoms with Crippen molar-refractivity contribution in [2.75, 3.05) is 20.3 Å². The summed E-state index contributed by atoms with van der Waals surface area (Å²) >= 11 is 1.75. The van der Waals surface area contributed by atoms with Gasteiger partial charge in [0.1, 0.15) is 0 Å². The van der Waals surface area contributed by atoms with Gasteiger partial charge in [0, 0.05) is 19.3 Å². The minimum absolute atomic E-state index is 0.443. The molecule has 0 radical (unpaired) electrons. The van der Waals surface area contributed by atoms with E-state index in [1.165, 1.54) is 5.56 Å². The molecule has 0 bridgehead atoms. The van der Waals surface area contributed by atoms with E-state index >= 15 is 0 Å². The number of nitrogens with one attached hydrogen (secondary N) is 1. The van der Waals surface area contributed by atoms with Crippen LogP contribution in [0.3, 0.4) is 0 Å². The van der Waals surface area contributed by atoms with Gasteiger partial charge in [0.05, 0.1) is 0 Å². The number of hydrogen-bond acceptors (Lipinski definition) is 3. The van der Waals surface area contributed by atoms with Gasteiger partial charge in [-0.25, -0.2) is 0 Å². The molecule has 1 aromatic heterocycles. The molecule has 0 fully saturated rings. The van der Waals surface area contributed by atoms with E-state index < -0.39 is 0 Å². The smallest absolute Gasteiger partial charge is 0.0484 e. The number of rotatable bonds is 7. The molecule has 1 rings (SSSR count). The summed E-state index contributed by atoms with van der Waals surface area (Å²) in [6, 6.07) is 2.61. The Bertz CT molecular complexity index is 223. The minimum atomic E-state index is 0.443. The maximum absolute atomic E-state index is 5.48. The molecule has 1 heterocycles. The standard InChI is InChI=1S/C11H19NOS/c1-3-6-13-7-4-11(12-2)10-5-8-14-9-10/h5,8-9,11-12H,3-4,6-7H2,1-2H3. The first-order valence-electron chi connectivity index (χ1n) is 5.15. The Morgan fingerprint density at radius 3 is 2.93 bits per heavy atom. The molecule has 0 saturated carbocycles. The predicted octanol–water partition coefficient (Wildman–Crippen LogP) is 2.83. The van der Waals surface area contributed by atoms with E-state index in [-0.39, 0.29) is 0 Å². The number of ether oxygens (including phenoxy) is 1.